The third-order valence-corrected chi connectivity index (χ3v) is 4.07. The second-order valence-corrected chi connectivity index (χ2v) is 5.62. The van der Waals surface area contributed by atoms with Crippen LogP contribution in [0.25, 0.3) is 0 Å². The quantitative estimate of drug-likeness (QED) is 0.688. The standard InChI is InChI=1S/C15H13Cl3FN/c1-2-14(9-3-5-11(16)12(17)7-9)20-15-6-4-10(19)8-13(15)18/h3-8,14,20H,2H2,1H3. The minimum atomic E-state index is -0.358. The summed E-state index contributed by atoms with van der Waals surface area (Å²) in [5, 5.41) is 4.66. The van der Waals surface area contributed by atoms with Crippen molar-refractivity contribution in [1.82, 2.24) is 0 Å². The second-order valence-electron chi connectivity index (χ2n) is 4.40. The van der Waals surface area contributed by atoms with Gasteiger partial charge in [-0.25, -0.2) is 4.39 Å². The molecule has 2 aromatic carbocycles. The number of hydrogen-bond acceptors (Lipinski definition) is 1. The molecule has 0 bridgehead atoms. The number of halogens is 4. The molecule has 0 saturated heterocycles. The Morgan fingerprint density at radius 2 is 1.75 bits per heavy atom. The summed E-state index contributed by atoms with van der Waals surface area (Å²) >= 11 is 18.0. The van der Waals surface area contributed by atoms with Gasteiger partial charge in [-0.15, -0.1) is 0 Å². The SMILES string of the molecule is CCC(Nc1ccc(F)cc1Cl)c1ccc(Cl)c(Cl)c1. The van der Waals surface area contributed by atoms with Gasteiger partial charge in [-0.2, -0.15) is 0 Å². The molecule has 20 heavy (non-hydrogen) atoms. The number of hydrogen-bond donors (Lipinski definition) is 1. The van der Waals surface area contributed by atoms with E-state index >= 15 is 0 Å². The molecule has 5 heteroatoms. The fraction of sp³-hybridized carbons (Fsp3) is 0.200. The lowest BCUT2D eigenvalue weighted by Gasteiger charge is -2.20. The van der Waals surface area contributed by atoms with E-state index in [4.69, 9.17) is 34.8 Å². The molecule has 1 atom stereocenters. The first-order valence-electron chi connectivity index (χ1n) is 6.17. The van der Waals surface area contributed by atoms with Crippen LogP contribution < -0.4 is 5.32 Å². The average molecular weight is 333 g/mol. The van der Waals surface area contributed by atoms with Crippen LogP contribution in [0.5, 0.6) is 0 Å². The molecule has 0 spiro atoms. The van der Waals surface area contributed by atoms with Crippen LogP contribution in [0.15, 0.2) is 36.4 Å². The maximum Gasteiger partial charge on any atom is 0.124 e. The highest BCUT2D eigenvalue weighted by atomic mass is 35.5. The molecule has 0 radical (unpaired) electrons. The molecule has 106 valence electrons. The Labute approximate surface area is 132 Å². The van der Waals surface area contributed by atoms with Crippen molar-refractivity contribution in [2.75, 3.05) is 5.32 Å². The van der Waals surface area contributed by atoms with E-state index in [1.807, 2.05) is 19.1 Å². The molecule has 0 aliphatic rings. The van der Waals surface area contributed by atoms with E-state index < -0.39 is 0 Å². The third kappa shape index (κ3) is 3.57. The van der Waals surface area contributed by atoms with Gasteiger partial charge in [0.1, 0.15) is 5.82 Å². The molecule has 0 fully saturated rings. The summed E-state index contributed by atoms with van der Waals surface area (Å²) in [6, 6.07) is 9.79. The molecule has 1 N–H and O–H groups in total. The van der Waals surface area contributed by atoms with Crippen LogP contribution in [0.2, 0.25) is 15.1 Å². The van der Waals surface area contributed by atoms with Gasteiger partial charge in [-0.05, 0) is 42.3 Å². The summed E-state index contributed by atoms with van der Waals surface area (Å²) in [4.78, 5) is 0. The Kier molecular flexibility index (Phi) is 5.14. The van der Waals surface area contributed by atoms with E-state index in [0.717, 1.165) is 12.0 Å². The Bertz CT molecular complexity index is 616. The Balaban J connectivity index is 2.26. The third-order valence-electron chi connectivity index (χ3n) is 3.02. The van der Waals surface area contributed by atoms with Crippen LogP contribution in [-0.2, 0) is 0 Å². The van der Waals surface area contributed by atoms with Crippen molar-refractivity contribution in [2.45, 2.75) is 19.4 Å². The van der Waals surface area contributed by atoms with E-state index in [-0.39, 0.29) is 11.9 Å². The fourth-order valence-corrected chi connectivity index (χ4v) is 2.47. The van der Waals surface area contributed by atoms with Gasteiger partial charge in [0, 0.05) is 0 Å². The van der Waals surface area contributed by atoms with Crippen molar-refractivity contribution in [1.29, 1.82) is 0 Å². The average Bonchev–Trinajstić information content (AvgIpc) is 2.41. The number of benzene rings is 2. The number of rotatable bonds is 4. The minimum absolute atomic E-state index is 0.0210. The molecular weight excluding hydrogens is 320 g/mol. The van der Waals surface area contributed by atoms with E-state index in [0.29, 0.717) is 20.8 Å². The lowest BCUT2D eigenvalue weighted by molar-refractivity contribution is 0.628. The first-order chi connectivity index (χ1) is 9.51. The van der Waals surface area contributed by atoms with Gasteiger partial charge in [0.15, 0.2) is 0 Å². The predicted molar refractivity (Wildman–Crippen MR) is 84.5 cm³/mol. The van der Waals surface area contributed by atoms with Crippen LogP contribution >= 0.6 is 34.8 Å². The number of anilines is 1. The zero-order valence-electron chi connectivity index (χ0n) is 10.8. The maximum absolute atomic E-state index is 13.0. The molecule has 0 heterocycles. The molecule has 2 rings (SSSR count). The minimum Gasteiger partial charge on any atom is -0.377 e. The zero-order valence-corrected chi connectivity index (χ0v) is 13.0. The molecule has 0 aromatic heterocycles. The Morgan fingerprint density at radius 3 is 2.35 bits per heavy atom. The molecule has 1 nitrogen and oxygen atoms in total. The van der Waals surface area contributed by atoms with E-state index in [9.17, 15) is 4.39 Å². The monoisotopic (exact) mass is 331 g/mol. The fourth-order valence-electron chi connectivity index (χ4n) is 1.94. The molecular formula is C15H13Cl3FN. The van der Waals surface area contributed by atoms with Crippen LogP contribution in [0.1, 0.15) is 24.9 Å². The summed E-state index contributed by atoms with van der Waals surface area (Å²) in [5.74, 6) is -0.358. The van der Waals surface area contributed by atoms with Crippen molar-refractivity contribution in [2.24, 2.45) is 0 Å². The lowest BCUT2D eigenvalue weighted by Crippen LogP contribution is -2.10. The van der Waals surface area contributed by atoms with Crippen molar-refractivity contribution < 1.29 is 4.39 Å². The highest BCUT2D eigenvalue weighted by Crippen LogP contribution is 2.31. The van der Waals surface area contributed by atoms with Gasteiger partial charge >= 0.3 is 0 Å². The zero-order chi connectivity index (χ0) is 14.7. The van der Waals surface area contributed by atoms with Crippen molar-refractivity contribution in [3.05, 3.63) is 62.8 Å². The van der Waals surface area contributed by atoms with E-state index in [1.54, 1.807) is 12.1 Å². The maximum atomic E-state index is 13.0. The lowest BCUT2D eigenvalue weighted by atomic mass is 10.0. The van der Waals surface area contributed by atoms with E-state index in [2.05, 4.69) is 5.32 Å². The largest absolute Gasteiger partial charge is 0.377 e. The Morgan fingerprint density at radius 1 is 1.00 bits per heavy atom. The summed E-state index contributed by atoms with van der Waals surface area (Å²) in [7, 11) is 0. The van der Waals surface area contributed by atoms with Gasteiger partial charge in [0.2, 0.25) is 0 Å². The van der Waals surface area contributed by atoms with Gasteiger partial charge in [-0.1, -0.05) is 47.8 Å². The van der Waals surface area contributed by atoms with E-state index in [1.165, 1.54) is 12.1 Å². The van der Waals surface area contributed by atoms with Gasteiger partial charge in [0.25, 0.3) is 0 Å². The molecule has 0 saturated carbocycles. The molecule has 2 aromatic rings. The second kappa shape index (κ2) is 6.66. The number of nitrogens with one attached hydrogen (secondary N) is 1. The first-order valence-corrected chi connectivity index (χ1v) is 7.31. The highest BCUT2D eigenvalue weighted by Gasteiger charge is 2.12. The predicted octanol–water partition coefficient (Wildman–Crippen LogP) is 6.35. The van der Waals surface area contributed by atoms with Crippen LogP contribution in [0, 0.1) is 5.82 Å². The summed E-state index contributed by atoms with van der Waals surface area (Å²) < 4.78 is 13.0. The van der Waals surface area contributed by atoms with Gasteiger partial charge < -0.3 is 5.32 Å². The van der Waals surface area contributed by atoms with Crippen molar-refractivity contribution in [3.63, 3.8) is 0 Å². The normalized spacial score (nSPS) is 12.2. The van der Waals surface area contributed by atoms with Crippen LogP contribution in [-0.4, -0.2) is 0 Å². The summed E-state index contributed by atoms with van der Waals surface area (Å²) in [5.41, 5.74) is 1.69. The summed E-state index contributed by atoms with van der Waals surface area (Å²) in [6.45, 7) is 2.04. The van der Waals surface area contributed by atoms with Crippen LogP contribution in [0.3, 0.4) is 0 Å². The Hall–Kier alpha value is -0.960. The summed E-state index contributed by atoms with van der Waals surface area (Å²) in [6.07, 6.45) is 0.825. The van der Waals surface area contributed by atoms with Gasteiger partial charge in [-0.3, -0.25) is 0 Å². The van der Waals surface area contributed by atoms with Crippen molar-refractivity contribution in [3.8, 4) is 0 Å². The molecule has 1 unspecified atom stereocenters. The molecule has 0 amide bonds. The topological polar surface area (TPSA) is 12.0 Å². The highest BCUT2D eigenvalue weighted by molar-refractivity contribution is 6.42. The molecule has 0 aliphatic carbocycles. The van der Waals surface area contributed by atoms with Crippen LogP contribution in [0.4, 0.5) is 10.1 Å². The van der Waals surface area contributed by atoms with Gasteiger partial charge in [0.05, 0.1) is 26.8 Å². The molecule has 0 aliphatic heterocycles. The van der Waals surface area contributed by atoms with Crippen molar-refractivity contribution >= 4 is 40.5 Å². The smallest absolute Gasteiger partial charge is 0.124 e. The first kappa shape index (κ1) is 15.4.